The van der Waals surface area contributed by atoms with Crippen LogP contribution in [0, 0.1) is 0 Å². The van der Waals surface area contributed by atoms with Crippen LogP contribution in [0.5, 0.6) is 0 Å². The summed E-state index contributed by atoms with van der Waals surface area (Å²) in [4.78, 5) is 0. The molecule has 2 rings (SSSR count). The molecule has 3 nitrogen and oxygen atoms in total. The maximum absolute atomic E-state index is 5.79. The summed E-state index contributed by atoms with van der Waals surface area (Å²) in [5.74, 6) is 0.967. The van der Waals surface area contributed by atoms with Crippen molar-refractivity contribution in [3.05, 3.63) is 17.9 Å². The Hall–Kier alpha value is -0.735. The quantitative estimate of drug-likeness (QED) is 0.694. The van der Waals surface area contributed by atoms with Crippen LogP contribution in [0.3, 0.4) is 0 Å². The first-order chi connectivity index (χ1) is 7.03. The first kappa shape index (κ1) is 10.8. The van der Waals surface area contributed by atoms with E-state index in [0.717, 1.165) is 17.8 Å². The SMILES string of the molecule is CCc1ccc(B2OC(C)C(C)(C)O2)o1. The van der Waals surface area contributed by atoms with E-state index in [0.29, 0.717) is 0 Å². The molecule has 0 radical (unpaired) electrons. The van der Waals surface area contributed by atoms with Crippen molar-refractivity contribution in [3.63, 3.8) is 0 Å². The molecule has 4 heteroatoms. The normalized spacial score (nSPS) is 24.8. The van der Waals surface area contributed by atoms with Gasteiger partial charge in [0, 0.05) is 6.42 Å². The van der Waals surface area contributed by atoms with Crippen LogP contribution < -0.4 is 5.66 Å². The van der Waals surface area contributed by atoms with Crippen LogP contribution in [0.15, 0.2) is 16.5 Å². The second-order valence-corrected chi connectivity index (χ2v) is 4.49. The van der Waals surface area contributed by atoms with Gasteiger partial charge in [-0.3, -0.25) is 0 Å². The van der Waals surface area contributed by atoms with E-state index in [-0.39, 0.29) is 18.8 Å². The zero-order chi connectivity index (χ0) is 11.1. The van der Waals surface area contributed by atoms with Crippen molar-refractivity contribution >= 4 is 12.8 Å². The Morgan fingerprint density at radius 2 is 2.13 bits per heavy atom. The molecule has 0 spiro atoms. The molecular formula is C11H17BO3. The molecule has 0 bridgehead atoms. The highest BCUT2D eigenvalue weighted by molar-refractivity contribution is 6.60. The second-order valence-electron chi connectivity index (χ2n) is 4.49. The molecular weight excluding hydrogens is 191 g/mol. The van der Waals surface area contributed by atoms with E-state index in [2.05, 4.69) is 6.92 Å². The van der Waals surface area contributed by atoms with Gasteiger partial charge in [-0.1, -0.05) is 6.92 Å². The Bertz CT molecular complexity index is 345. The van der Waals surface area contributed by atoms with Crippen molar-refractivity contribution in [2.24, 2.45) is 0 Å². The molecule has 1 saturated heterocycles. The van der Waals surface area contributed by atoms with Gasteiger partial charge in [-0.2, -0.15) is 0 Å². The monoisotopic (exact) mass is 208 g/mol. The Kier molecular flexibility index (Phi) is 2.65. The topological polar surface area (TPSA) is 31.6 Å². The predicted octanol–water partition coefficient (Wildman–Crippen LogP) is 1.75. The molecule has 15 heavy (non-hydrogen) atoms. The van der Waals surface area contributed by atoms with Gasteiger partial charge in [0.05, 0.1) is 11.7 Å². The van der Waals surface area contributed by atoms with Gasteiger partial charge in [0.2, 0.25) is 0 Å². The van der Waals surface area contributed by atoms with Gasteiger partial charge in [-0.15, -0.1) is 0 Å². The fourth-order valence-corrected chi connectivity index (χ4v) is 1.59. The van der Waals surface area contributed by atoms with Crippen LogP contribution in [0.2, 0.25) is 0 Å². The average molecular weight is 208 g/mol. The minimum absolute atomic E-state index is 0.0812. The van der Waals surface area contributed by atoms with Gasteiger partial charge in [0.1, 0.15) is 11.4 Å². The molecule has 1 aromatic heterocycles. The molecule has 0 amide bonds. The largest absolute Gasteiger partial charge is 0.532 e. The third-order valence-corrected chi connectivity index (χ3v) is 2.98. The lowest BCUT2D eigenvalue weighted by Crippen LogP contribution is -2.33. The van der Waals surface area contributed by atoms with Crippen molar-refractivity contribution in [1.29, 1.82) is 0 Å². The molecule has 0 N–H and O–H groups in total. The standard InChI is InChI=1S/C11H17BO3/c1-5-9-6-7-10(13-9)12-14-8(2)11(3,4)15-12/h6-8H,5H2,1-4H3. The Labute approximate surface area is 90.9 Å². The summed E-state index contributed by atoms with van der Waals surface area (Å²) in [5, 5.41) is 0. The van der Waals surface area contributed by atoms with Crippen molar-refractivity contribution < 1.29 is 13.7 Å². The van der Waals surface area contributed by atoms with E-state index < -0.39 is 0 Å². The van der Waals surface area contributed by atoms with Gasteiger partial charge in [-0.05, 0) is 32.9 Å². The summed E-state index contributed by atoms with van der Waals surface area (Å²) in [6, 6.07) is 3.90. The highest BCUT2D eigenvalue weighted by atomic mass is 16.7. The highest BCUT2D eigenvalue weighted by Gasteiger charge is 2.45. The van der Waals surface area contributed by atoms with Gasteiger partial charge in [0.25, 0.3) is 0 Å². The molecule has 1 aliphatic rings. The molecule has 0 saturated carbocycles. The number of aryl methyl sites for hydroxylation is 1. The Morgan fingerprint density at radius 1 is 1.40 bits per heavy atom. The Morgan fingerprint density at radius 3 is 2.60 bits per heavy atom. The average Bonchev–Trinajstić information content (AvgIpc) is 2.72. The first-order valence-corrected chi connectivity index (χ1v) is 5.45. The molecule has 1 aliphatic heterocycles. The molecule has 0 aromatic carbocycles. The maximum Gasteiger partial charge on any atom is 0.532 e. The minimum Gasteiger partial charge on any atom is -0.470 e. The molecule has 1 fully saturated rings. The summed E-state index contributed by atoms with van der Waals surface area (Å²) in [6.07, 6.45) is 0.976. The molecule has 1 unspecified atom stereocenters. The van der Waals surface area contributed by atoms with Crippen LogP contribution >= 0.6 is 0 Å². The lowest BCUT2D eigenvalue weighted by Gasteiger charge is -2.21. The van der Waals surface area contributed by atoms with Crippen LogP contribution in [-0.2, 0) is 15.7 Å². The van der Waals surface area contributed by atoms with Crippen molar-refractivity contribution in [1.82, 2.24) is 0 Å². The van der Waals surface area contributed by atoms with E-state index in [1.807, 2.05) is 32.9 Å². The van der Waals surface area contributed by atoms with E-state index >= 15 is 0 Å². The fraction of sp³-hybridized carbons (Fsp3) is 0.636. The van der Waals surface area contributed by atoms with E-state index in [4.69, 9.17) is 13.7 Å². The van der Waals surface area contributed by atoms with E-state index in [1.165, 1.54) is 0 Å². The summed E-state index contributed by atoms with van der Waals surface area (Å²) in [7, 11) is -0.352. The van der Waals surface area contributed by atoms with Crippen LogP contribution in [0.4, 0.5) is 0 Å². The number of hydrogen-bond donors (Lipinski definition) is 0. The predicted molar refractivity (Wildman–Crippen MR) is 59.2 cm³/mol. The molecule has 0 aliphatic carbocycles. The van der Waals surface area contributed by atoms with E-state index in [1.54, 1.807) is 0 Å². The van der Waals surface area contributed by atoms with E-state index in [9.17, 15) is 0 Å². The van der Waals surface area contributed by atoms with Crippen molar-refractivity contribution in [2.75, 3.05) is 0 Å². The zero-order valence-corrected chi connectivity index (χ0v) is 9.74. The molecule has 1 atom stereocenters. The third-order valence-electron chi connectivity index (χ3n) is 2.98. The Balaban J connectivity index is 2.13. The van der Waals surface area contributed by atoms with Gasteiger partial charge >= 0.3 is 7.12 Å². The maximum atomic E-state index is 5.79. The lowest BCUT2D eigenvalue weighted by molar-refractivity contribution is 0.0841. The van der Waals surface area contributed by atoms with Crippen LogP contribution in [-0.4, -0.2) is 18.8 Å². The second kappa shape index (κ2) is 3.69. The number of hydrogen-bond acceptors (Lipinski definition) is 3. The molecule has 82 valence electrons. The number of furan rings is 1. The van der Waals surface area contributed by atoms with Crippen molar-refractivity contribution in [3.8, 4) is 0 Å². The first-order valence-electron chi connectivity index (χ1n) is 5.45. The smallest absolute Gasteiger partial charge is 0.470 e. The highest BCUT2D eigenvalue weighted by Crippen LogP contribution is 2.26. The molecule has 2 heterocycles. The third kappa shape index (κ3) is 1.97. The van der Waals surface area contributed by atoms with Crippen molar-refractivity contribution in [2.45, 2.75) is 45.8 Å². The fourth-order valence-electron chi connectivity index (χ4n) is 1.59. The minimum atomic E-state index is -0.352. The van der Waals surface area contributed by atoms with Gasteiger partial charge in [-0.25, -0.2) is 0 Å². The van der Waals surface area contributed by atoms with Crippen LogP contribution in [0.25, 0.3) is 0 Å². The summed E-state index contributed by atoms with van der Waals surface area (Å²) >= 11 is 0. The summed E-state index contributed by atoms with van der Waals surface area (Å²) in [5.41, 5.74) is 0.522. The number of rotatable bonds is 2. The summed E-state index contributed by atoms with van der Waals surface area (Å²) < 4.78 is 17.1. The zero-order valence-electron chi connectivity index (χ0n) is 9.74. The lowest BCUT2D eigenvalue weighted by atomic mass is 9.86. The van der Waals surface area contributed by atoms with Crippen LogP contribution in [0.1, 0.15) is 33.5 Å². The molecule has 1 aromatic rings. The summed E-state index contributed by atoms with van der Waals surface area (Å²) in [6.45, 7) is 8.14. The van der Waals surface area contributed by atoms with Gasteiger partial charge < -0.3 is 13.7 Å². The van der Waals surface area contributed by atoms with Gasteiger partial charge in [0.15, 0.2) is 0 Å².